The molecule has 7 nitrogen and oxygen atoms in total. The molecule has 0 radical (unpaired) electrons. The molecule has 0 aliphatic rings. The Balaban J connectivity index is 1.89. The van der Waals surface area contributed by atoms with E-state index in [-0.39, 0.29) is 32.2 Å². The van der Waals surface area contributed by atoms with Gasteiger partial charge in [0, 0.05) is 13.0 Å². The fraction of sp³-hybridized carbons (Fsp3) is 0.211. The van der Waals surface area contributed by atoms with Gasteiger partial charge in [-0.25, -0.2) is 12.8 Å². The van der Waals surface area contributed by atoms with Gasteiger partial charge in [0.25, 0.3) is 15.9 Å². The van der Waals surface area contributed by atoms with Gasteiger partial charge < -0.3 is 0 Å². The zero-order valence-corrected chi connectivity index (χ0v) is 18.6. The lowest BCUT2D eigenvalue weighted by Crippen LogP contribution is -2.27. The van der Waals surface area contributed by atoms with Crippen molar-refractivity contribution in [1.29, 1.82) is 0 Å². The van der Waals surface area contributed by atoms with Gasteiger partial charge in [0.2, 0.25) is 5.13 Å². The minimum Gasteiger partial charge on any atom is -0.296 e. The normalized spacial score (nSPS) is 11.5. The molecule has 1 amide bonds. The molecule has 1 N–H and O–H groups in total. The number of rotatable bonds is 6. The predicted molar refractivity (Wildman–Crippen MR) is 115 cm³/mol. The number of nitrogens with zero attached hydrogens (tertiary/aromatic N) is 3. The SMILES string of the molecule is CC(C)c1nnc(NC(=O)c2cc(S(=O)(=O)N(C)c3ccc(F)cc3)ccc2Cl)s1. The highest BCUT2D eigenvalue weighted by Gasteiger charge is 2.24. The minimum absolute atomic E-state index is 0.0217. The van der Waals surface area contributed by atoms with Crippen LogP contribution in [0.2, 0.25) is 5.02 Å². The summed E-state index contributed by atoms with van der Waals surface area (Å²) < 4.78 is 40.1. The summed E-state index contributed by atoms with van der Waals surface area (Å²) in [7, 11) is -2.67. The summed E-state index contributed by atoms with van der Waals surface area (Å²) in [5, 5.41) is 11.6. The first-order chi connectivity index (χ1) is 14.1. The maximum absolute atomic E-state index is 13.1. The van der Waals surface area contributed by atoms with Crippen LogP contribution in [0.15, 0.2) is 47.4 Å². The lowest BCUT2D eigenvalue weighted by atomic mass is 10.2. The van der Waals surface area contributed by atoms with Crippen LogP contribution in [-0.2, 0) is 10.0 Å². The van der Waals surface area contributed by atoms with Gasteiger partial charge in [-0.15, -0.1) is 10.2 Å². The Kier molecular flexibility index (Phi) is 6.39. The minimum atomic E-state index is -4.01. The molecule has 0 spiro atoms. The summed E-state index contributed by atoms with van der Waals surface area (Å²) in [6, 6.07) is 8.84. The van der Waals surface area contributed by atoms with Gasteiger partial charge in [0.1, 0.15) is 10.8 Å². The summed E-state index contributed by atoms with van der Waals surface area (Å²) in [5.74, 6) is -0.924. The molecule has 30 heavy (non-hydrogen) atoms. The van der Waals surface area contributed by atoms with Gasteiger partial charge in [-0.05, 0) is 42.5 Å². The predicted octanol–water partition coefficient (Wildman–Crippen LogP) is 4.53. The molecule has 0 saturated heterocycles. The third kappa shape index (κ3) is 4.61. The van der Waals surface area contributed by atoms with E-state index in [0.29, 0.717) is 0 Å². The van der Waals surface area contributed by atoms with Gasteiger partial charge in [-0.1, -0.05) is 36.8 Å². The standard InChI is InChI=1S/C19H18ClFN4O3S2/c1-11(2)18-23-24-19(29-18)22-17(26)15-10-14(8-9-16(15)20)30(27,28)25(3)13-6-4-12(21)5-7-13/h4-11H,1-3H3,(H,22,24,26). The summed E-state index contributed by atoms with van der Waals surface area (Å²) in [6.45, 7) is 3.91. The smallest absolute Gasteiger partial charge is 0.264 e. The summed E-state index contributed by atoms with van der Waals surface area (Å²) in [5.41, 5.74) is 0.249. The fourth-order valence-corrected chi connectivity index (χ4v) is 4.64. The molecule has 2 aromatic carbocycles. The maximum Gasteiger partial charge on any atom is 0.264 e. The van der Waals surface area contributed by atoms with E-state index >= 15 is 0 Å². The molecule has 1 heterocycles. The van der Waals surface area contributed by atoms with Crippen molar-refractivity contribution in [2.75, 3.05) is 16.7 Å². The van der Waals surface area contributed by atoms with Crippen LogP contribution in [0.5, 0.6) is 0 Å². The summed E-state index contributed by atoms with van der Waals surface area (Å²) in [6.07, 6.45) is 0. The van der Waals surface area contributed by atoms with E-state index in [2.05, 4.69) is 15.5 Å². The average molecular weight is 469 g/mol. The third-order valence-electron chi connectivity index (χ3n) is 4.19. The van der Waals surface area contributed by atoms with Crippen molar-refractivity contribution in [3.63, 3.8) is 0 Å². The van der Waals surface area contributed by atoms with Crippen LogP contribution in [0, 0.1) is 5.82 Å². The molecule has 0 unspecified atom stereocenters. The number of nitrogens with one attached hydrogen (secondary N) is 1. The highest BCUT2D eigenvalue weighted by molar-refractivity contribution is 7.92. The van der Waals surface area contributed by atoms with E-state index in [0.717, 1.165) is 21.4 Å². The molecule has 0 saturated carbocycles. The van der Waals surface area contributed by atoms with Crippen LogP contribution in [0.1, 0.15) is 35.1 Å². The van der Waals surface area contributed by atoms with Crippen LogP contribution < -0.4 is 9.62 Å². The largest absolute Gasteiger partial charge is 0.296 e. The van der Waals surface area contributed by atoms with Crippen molar-refractivity contribution in [2.24, 2.45) is 0 Å². The Morgan fingerprint density at radius 1 is 1.17 bits per heavy atom. The molecule has 3 aromatic rings. The lowest BCUT2D eigenvalue weighted by Gasteiger charge is -2.20. The van der Waals surface area contributed by atoms with Gasteiger partial charge in [-0.3, -0.25) is 14.4 Å². The van der Waals surface area contributed by atoms with Crippen molar-refractivity contribution >= 4 is 49.7 Å². The number of carbonyl (C=O) groups excluding carboxylic acids is 1. The van der Waals surface area contributed by atoms with Crippen molar-refractivity contribution < 1.29 is 17.6 Å². The van der Waals surface area contributed by atoms with Crippen LogP contribution >= 0.6 is 22.9 Å². The number of halogens is 2. The maximum atomic E-state index is 13.1. The Bertz CT molecular complexity index is 1180. The number of hydrogen-bond acceptors (Lipinski definition) is 6. The zero-order valence-electron chi connectivity index (χ0n) is 16.3. The second-order valence-electron chi connectivity index (χ2n) is 6.64. The van der Waals surface area contributed by atoms with Gasteiger partial charge >= 0.3 is 0 Å². The van der Waals surface area contributed by atoms with Crippen molar-refractivity contribution in [1.82, 2.24) is 10.2 Å². The van der Waals surface area contributed by atoms with Crippen LogP contribution in [-0.4, -0.2) is 31.6 Å². The monoisotopic (exact) mass is 468 g/mol. The summed E-state index contributed by atoms with van der Waals surface area (Å²) >= 11 is 7.36. The summed E-state index contributed by atoms with van der Waals surface area (Å²) in [4.78, 5) is 12.5. The molecular weight excluding hydrogens is 451 g/mol. The number of amides is 1. The number of aromatic nitrogens is 2. The molecule has 0 aliphatic carbocycles. The first-order valence-corrected chi connectivity index (χ1v) is 11.4. The molecule has 11 heteroatoms. The molecular formula is C19H18ClFN4O3S2. The Morgan fingerprint density at radius 2 is 1.83 bits per heavy atom. The molecule has 0 aliphatic heterocycles. The topological polar surface area (TPSA) is 92.3 Å². The third-order valence-corrected chi connectivity index (χ3v) is 7.44. The molecule has 0 fully saturated rings. The van der Waals surface area contributed by atoms with E-state index in [1.165, 1.54) is 48.7 Å². The molecule has 0 atom stereocenters. The number of sulfonamides is 1. The molecule has 3 rings (SSSR count). The lowest BCUT2D eigenvalue weighted by molar-refractivity contribution is 0.102. The van der Waals surface area contributed by atoms with Gasteiger partial charge in [0.05, 0.1) is 21.2 Å². The van der Waals surface area contributed by atoms with Gasteiger partial charge in [-0.2, -0.15) is 0 Å². The molecule has 158 valence electrons. The average Bonchev–Trinajstić information content (AvgIpc) is 3.17. The van der Waals surface area contributed by atoms with Crippen LogP contribution in [0.25, 0.3) is 0 Å². The van der Waals surface area contributed by atoms with E-state index < -0.39 is 21.7 Å². The Morgan fingerprint density at radius 3 is 2.43 bits per heavy atom. The highest BCUT2D eigenvalue weighted by Crippen LogP contribution is 2.27. The zero-order chi connectivity index (χ0) is 22.1. The van der Waals surface area contributed by atoms with E-state index in [4.69, 9.17) is 11.6 Å². The van der Waals surface area contributed by atoms with E-state index in [9.17, 15) is 17.6 Å². The number of hydrogen-bond donors (Lipinski definition) is 1. The number of carbonyl (C=O) groups is 1. The van der Waals surface area contributed by atoms with Crippen molar-refractivity contribution in [2.45, 2.75) is 24.7 Å². The molecule has 0 bridgehead atoms. The Labute approximate surface area is 182 Å². The second-order valence-corrected chi connectivity index (χ2v) is 10.0. The molecule has 1 aromatic heterocycles. The van der Waals surface area contributed by atoms with Gasteiger partial charge in [0.15, 0.2) is 0 Å². The quantitative estimate of drug-likeness (QED) is 0.573. The fourth-order valence-electron chi connectivity index (χ4n) is 2.47. The number of anilines is 2. The highest BCUT2D eigenvalue weighted by atomic mass is 35.5. The van der Waals surface area contributed by atoms with Crippen molar-refractivity contribution in [3.8, 4) is 0 Å². The first-order valence-electron chi connectivity index (χ1n) is 8.78. The van der Waals surface area contributed by atoms with Crippen LogP contribution in [0.3, 0.4) is 0 Å². The van der Waals surface area contributed by atoms with E-state index in [1.807, 2.05) is 13.8 Å². The van der Waals surface area contributed by atoms with E-state index in [1.54, 1.807) is 0 Å². The second kappa shape index (κ2) is 8.66. The van der Waals surface area contributed by atoms with Crippen molar-refractivity contribution in [3.05, 3.63) is 63.9 Å². The first kappa shape index (κ1) is 22.1. The number of benzene rings is 2. The Hall–Kier alpha value is -2.56. The van der Waals surface area contributed by atoms with Crippen LogP contribution in [0.4, 0.5) is 15.2 Å².